The number of hydrogen-bond donors (Lipinski definition) is 1. The zero-order chi connectivity index (χ0) is 12.1. The third-order valence-corrected chi connectivity index (χ3v) is 2.43. The van der Waals surface area contributed by atoms with Crippen LogP contribution in [0.1, 0.15) is 25.3 Å². The van der Waals surface area contributed by atoms with Gasteiger partial charge in [0.15, 0.2) is 0 Å². The summed E-state index contributed by atoms with van der Waals surface area (Å²) in [4.78, 5) is 0. The first-order valence-electron chi connectivity index (χ1n) is 5.99. The maximum atomic E-state index is 5.24. The molecule has 0 fully saturated rings. The molecule has 0 atom stereocenters. The third kappa shape index (κ3) is 3.75. The van der Waals surface area contributed by atoms with E-state index in [4.69, 9.17) is 4.42 Å². The van der Waals surface area contributed by atoms with Gasteiger partial charge in [0.1, 0.15) is 5.76 Å². The molecule has 0 aliphatic carbocycles. The van der Waals surface area contributed by atoms with E-state index in [0.717, 1.165) is 31.1 Å². The highest BCUT2D eigenvalue weighted by molar-refractivity contribution is 5.00. The molecule has 0 aliphatic rings. The van der Waals surface area contributed by atoms with Crippen LogP contribution in [0, 0.1) is 5.92 Å². The highest BCUT2D eigenvalue weighted by Gasteiger charge is 2.01. The summed E-state index contributed by atoms with van der Waals surface area (Å²) in [6, 6.07) is 5.91. The number of rotatable bonds is 6. The first-order valence-corrected chi connectivity index (χ1v) is 5.99. The second kappa shape index (κ2) is 5.68. The Bertz CT molecular complexity index is 431. The Balaban J connectivity index is 1.77. The summed E-state index contributed by atoms with van der Waals surface area (Å²) in [5.74, 6) is 1.57. The SMILES string of the molecule is CC(C)Cn1ccc(CNCc2ccco2)n1. The lowest BCUT2D eigenvalue weighted by molar-refractivity contribution is 0.469. The van der Waals surface area contributed by atoms with Crippen molar-refractivity contribution in [2.24, 2.45) is 5.92 Å². The quantitative estimate of drug-likeness (QED) is 0.833. The van der Waals surface area contributed by atoms with Crippen molar-refractivity contribution in [3.63, 3.8) is 0 Å². The van der Waals surface area contributed by atoms with Crippen LogP contribution in [0.4, 0.5) is 0 Å². The van der Waals surface area contributed by atoms with Gasteiger partial charge in [-0.1, -0.05) is 13.8 Å². The van der Waals surface area contributed by atoms with E-state index in [1.54, 1.807) is 6.26 Å². The Kier molecular flexibility index (Phi) is 3.98. The summed E-state index contributed by atoms with van der Waals surface area (Å²) in [7, 11) is 0. The molecule has 2 aromatic rings. The van der Waals surface area contributed by atoms with Crippen LogP contribution in [0.2, 0.25) is 0 Å². The minimum atomic E-state index is 0.624. The van der Waals surface area contributed by atoms with E-state index >= 15 is 0 Å². The van der Waals surface area contributed by atoms with E-state index in [-0.39, 0.29) is 0 Å². The average molecular weight is 233 g/mol. The molecule has 2 aromatic heterocycles. The molecule has 0 aromatic carbocycles. The maximum Gasteiger partial charge on any atom is 0.117 e. The average Bonchev–Trinajstić information content (AvgIpc) is 2.89. The van der Waals surface area contributed by atoms with Gasteiger partial charge in [-0.3, -0.25) is 4.68 Å². The first kappa shape index (κ1) is 11.9. The Morgan fingerprint density at radius 2 is 2.24 bits per heavy atom. The zero-order valence-corrected chi connectivity index (χ0v) is 10.4. The Morgan fingerprint density at radius 3 is 2.94 bits per heavy atom. The van der Waals surface area contributed by atoms with Gasteiger partial charge in [-0.2, -0.15) is 5.10 Å². The summed E-state index contributed by atoms with van der Waals surface area (Å²) in [5, 5.41) is 7.79. The van der Waals surface area contributed by atoms with Crippen molar-refractivity contribution in [2.75, 3.05) is 0 Å². The molecular formula is C13H19N3O. The summed E-state index contributed by atoms with van der Waals surface area (Å²) in [6.07, 6.45) is 3.72. The Labute approximate surface area is 102 Å². The van der Waals surface area contributed by atoms with Crippen molar-refractivity contribution in [2.45, 2.75) is 33.5 Å². The van der Waals surface area contributed by atoms with Gasteiger partial charge in [-0.25, -0.2) is 0 Å². The molecule has 0 bridgehead atoms. The van der Waals surface area contributed by atoms with E-state index in [2.05, 4.69) is 30.3 Å². The fourth-order valence-electron chi connectivity index (χ4n) is 1.70. The van der Waals surface area contributed by atoms with E-state index < -0.39 is 0 Å². The topological polar surface area (TPSA) is 43.0 Å². The van der Waals surface area contributed by atoms with Crippen LogP contribution >= 0.6 is 0 Å². The molecule has 92 valence electrons. The van der Waals surface area contributed by atoms with Crippen molar-refractivity contribution in [3.8, 4) is 0 Å². The van der Waals surface area contributed by atoms with Crippen molar-refractivity contribution in [3.05, 3.63) is 42.1 Å². The minimum Gasteiger partial charge on any atom is -0.468 e. The number of nitrogens with one attached hydrogen (secondary N) is 1. The van der Waals surface area contributed by atoms with Crippen molar-refractivity contribution in [1.82, 2.24) is 15.1 Å². The highest BCUT2D eigenvalue weighted by atomic mass is 16.3. The minimum absolute atomic E-state index is 0.624. The monoisotopic (exact) mass is 233 g/mol. The number of nitrogens with zero attached hydrogens (tertiary/aromatic N) is 2. The number of aromatic nitrogens is 2. The predicted molar refractivity (Wildman–Crippen MR) is 66.3 cm³/mol. The molecule has 2 heterocycles. The molecule has 0 spiro atoms. The molecule has 0 amide bonds. The lowest BCUT2D eigenvalue weighted by atomic mass is 10.2. The fourth-order valence-corrected chi connectivity index (χ4v) is 1.70. The second-order valence-electron chi connectivity index (χ2n) is 4.61. The van der Waals surface area contributed by atoms with Gasteiger partial charge in [0, 0.05) is 19.3 Å². The molecule has 2 rings (SSSR count). The molecule has 4 nitrogen and oxygen atoms in total. The zero-order valence-electron chi connectivity index (χ0n) is 10.4. The molecule has 0 radical (unpaired) electrons. The molecule has 0 unspecified atom stereocenters. The molecular weight excluding hydrogens is 214 g/mol. The smallest absolute Gasteiger partial charge is 0.117 e. The lowest BCUT2D eigenvalue weighted by Gasteiger charge is -2.04. The molecule has 17 heavy (non-hydrogen) atoms. The molecule has 4 heteroatoms. The molecule has 1 N–H and O–H groups in total. The predicted octanol–water partition coefficient (Wildman–Crippen LogP) is 2.42. The largest absolute Gasteiger partial charge is 0.468 e. The van der Waals surface area contributed by atoms with Crippen LogP contribution in [0.5, 0.6) is 0 Å². The van der Waals surface area contributed by atoms with Gasteiger partial charge in [-0.15, -0.1) is 0 Å². The van der Waals surface area contributed by atoms with Crippen LogP contribution in [0.3, 0.4) is 0 Å². The van der Waals surface area contributed by atoms with E-state index in [9.17, 15) is 0 Å². The van der Waals surface area contributed by atoms with Gasteiger partial charge < -0.3 is 9.73 Å². The lowest BCUT2D eigenvalue weighted by Crippen LogP contribution is -2.13. The van der Waals surface area contributed by atoms with Gasteiger partial charge in [0.25, 0.3) is 0 Å². The van der Waals surface area contributed by atoms with E-state index in [1.165, 1.54) is 0 Å². The van der Waals surface area contributed by atoms with E-state index in [1.807, 2.05) is 23.0 Å². The van der Waals surface area contributed by atoms with Gasteiger partial charge in [0.2, 0.25) is 0 Å². The second-order valence-corrected chi connectivity index (χ2v) is 4.61. The van der Waals surface area contributed by atoms with Crippen molar-refractivity contribution < 1.29 is 4.42 Å². The summed E-state index contributed by atoms with van der Waals surface area (Å²) < 4.78 is 7.24. The van der Waals surface area contributed by atoms with Gasteiger partial charge in [-0.05, 0) is 24.1 Å². The maximum absolute atomic E-state index is 5.24. The summed E-state index contributed by atoms with van der Waals surface area (Å²) in [5.41, 5.74) is 1.07. The molecule has 0 aliphatic heterocycles. The summed E-state index contributed by atoms with van der Waals surface area (Å²) >= 11 is 0. The van der Waals surface area contributed by atoms with Crippen LogP contribution in [-0.2, 0) is 19.6 Å². The van der Waals surface area contributed by atoms with Crippen LogP contribution in [0.15, 0.2) is 35.1 Å². The summed E-state index contributed by atoms with van der Waals surface area (Å²) in [6.45, 7) is 6.86. The third-order valence-electron chi connectivity index (χ3n) is 2.43. The molecule has 0 saturated heterocycles. The standard InChI is InChI=1S/C13H19N3O/c1-11(2)10-16-6-5-12(15-16)8-14-9-13-4-3-7-17-13/h3-7,11,14H,8-10H2,1-2H3. The number of furan rings is 1. The normalized spacial score (nSPS) is 11.2. The van der Waals surface area contributed by atoms with Gasteiger partial charge >= 0.3 is 0 Å². The van der Waals surface area contributed by atoms with Crippen molar-refractivity contribution in [1.29, 1.82) is 0 Å². The fraction of sp³-hybridized carbons (Fsp3) is 0.462. The van der Waals surface area contributed by atoms with Crippen LogP contribution < -0.4 is 5.32 Å². The van der Waals surface area contributed by atoms with Crippen LogP contribution in [-0.4, -0.2) is 9.78 Å². The van der Waals surface area contributed by atoms with Gasteiger partial charge in [0.05, 0.1) is 18.5 Å². The van der Waals surface area contributed by atoms with Crippen molar-refractivity contribution >= 4 is 0 Å². The Morgan fingerprint density at radius 1 is 1.35 bits per heavy atom. The number of hydrogen-bond acceptors (Lipinski definition) is 3. The van der Waals surface area contributed by atoms with Crippen LogP contribution in [0.25, 0.3) is 0 Å². The first-order chi connectivity index (χ1) is 8.24. The van der Waals surface area contributed by atoms with E-state index in [0.29, 0.717) is 5.92 Å². The Hall–Kier alpha value is -1.55. The molecule has 0 saturated carbocycles. The highest BCUT2D eigenvalue weighted by Crippen LogP contribution is 2.02.